The van der Waals surface area contributed by atoms with Crippen molar-refractivity contribution in [2.24, 2.45) is 0 Å². The van der Waals surface area contributed by atoms with Crippen LogP contribution in [-0.4, -0.2) is 9.97 Å². The molecule has 0 aliphatic rings. The summed E-state index contributed by atoms with van der Waals surface area (Å²) in [5.74, 6) is 0. The van der Waals surface area contributed by atoms with E-state index in [1.807, 2.05) is 121 Å². The van der Waals surface area contributed by atoms with Gasteiger partial charge in [0.2, 0.25) is 0 Å². The second-order valence-electron chi connectivity index (χ2n) is 15.2. The van der Waals surface area contributed by atoms with Crippen molar-refractivity contribution in [1.29, 1.82) is 0 Å². The van der Waals surface area contributed by atoms with E-state index in [2.05, 4.69) is 107 Å². The highest BCUT2D eigenvalue weighted by Crippen LogP contribution is 2.50. The number of fused-ring (bicyclic) bond motifs is 6. The van der Waals surface area contributed by atoms with Crippen LogP contribution in [-0.2, 0) is 9.13 Å². The normalized spacial score (nSPS) is 12.1. The Balaban J connectivity index is 1.15. The van der Waals surface area contributed by atoms with E-state index in [0.717, 1.165) is 97.7 Å². The molecule has 0 aliphatic carbocycles. The number of aromatic amines is 2. The zero-order valence-electron chi connectivity index (χ0n) is 32.5. The Morgan fingerprint density at radius 3 is 0.867 bits per heavy atom. The molecule has 0 atom stereocenters. The maximum atomic E-state index is 15.4. The fraction of sp³-hybridized carbons (Fsp3) is 0. The first-order valence-corrected chi connectivity index (χ1v) is 23.6. The summed E-state index contributed by atoms with van der Waals surface area (Å²) in [7, 11) is -6.34. The van der Waals surface area contributed by atoms with E-state index in [1.54, 1.807) is 0 Å². The summed E-state index contributed by atoms with van der Waals surface area (Å²) in [5.41, 5.74) is 8.31. The molecule has 2 heterocycles. The Bertz CT molecular complexity index is 3130. The van der Waals surface area contributed by atoms with Gasteiger partial charge in [0.25, 0.3) is 0 Å². The first-order valence-electron chi connectivity index (χ1n) is 20.1. The van der Waals surface area contributed by atoms with Crippen molar-refractivity contribution >= 4 is 89.7 Å². The quantitative estimate of drug-likeness (QED) is 0.150. The van der Waals surface area contributed by atoms with Crippen molar-refractivity contribution in [2.75, 3.05) is 0 Å². The van der Waals surface area contributed by atoms with Crippen molar-refractivity contribution in [1.82, 2.24) is 9.97 Å². The molecule has 11 aromatic rings. The Morgan fingerprint density at radius 1 is 0.283 bits per heavy atom. The summed E-state index contributed by atoms with van der Waals surface area (Å²) in [5, 5.41) is 9.22. The fourth-order valence-electron chi connectivity index (χ4n) is 9.13. The lowest BCUT2D eigenvalue weighted by molar-refractivity contribution is 0.591. The van der Waals surface area contributed by atoms with E-state index in [9.17, 15) is 0 Å². The minimum atomic E-state index is -3.17. The molecule has 4 nitrogen and oxygen atoms in total. The van der Waals surface area contributed by atoms with Gasteiger partial charge in [0.05, 0.1) is 11.0 Å². The van der Waals surface area contributed by atoms with Crippen molar-refractivity contribution in [3.63, 3.8) is 0 Å². The molecule has 286 valence electrons. The summed E-state index contributed by atoms with van der Waals surface area (Å²) < 4.78 is 30.7. The van der Waals surface area contributed by atoms with Crippen molar-refractivity contribution in [3.8, 4) is 22.3 Å². The molecule has 0 bridgehead atoms. The van der Waals surface area contributed by atoms with Gasteiger partial charge in [0.15, 0.2) is 14.3 Å². The maximum absolute atomic E-state index is 15.4. The summed E-state index contributed by atoms with van der Waals surface area (Å²) in [6, 6.07) is 73.0. The molecule has 11 rings (SSSR count). The highest BCUT2D eigenvalue weighted by molar-refractivity contribution is 7.85. The van der Waals surface area contributed by atoms with Gasteiger partial charge in [-0.3, -0.25) is 0 Å². The summed E-state index contributed by atoms with van der Waals surface area (Å²) >= 11 is 0. The molecule has 0 saturated carbocycles. The summed E-state index contributed by atoms with van der Waals surface area (Å²) in [6.07, 6.45) is 0. The number of nitrogens with one attached hydrogen (secondary N) is 2. The predicted octanol–water partition coefficient (Wildman–Crippen LogP) is 11.6. The number of H-pyrrole nitrogens is 2. The van der Waals surface area contributed by atoms with Gasteiger partial charge in [-0.2, -0.15) is 0 Å². The Labute approximate surface area is 347 Å². The van der Waals surface area contributed by atoms with Crippen LogP contribution in [0.5, 0.6) is 0 Å². The van der Waals surface area contributed by atoms with Crippen LogP contribution < -0.4 is 31.8 Å². The number of rotatable bonds is 8. The Morgan fingerprint density at radius 2 is 0.550 bits per heavy atom. The standard InChI is InChI=1S/C54H38N2O2P2/c57-59(39-17-5-1-6-18-39,40-19-7-2-8-20-40)43-33-29-37(30-34-43)49-51-45-25-13-15-27-47(45)56-54(51)50(52-46-26-14-16-28-48(46)55-53(49)52)38-31-35-44(36-32-38)60(58,41-21-9-3-10-22-41)42-23-11-4-12-24-42/h1-36,55-56H. The average molecular weight is 809 g/mol. The molecule has 2 N–H and O–H groups in total. The maximum Gasteiger partial charge on any atom is 0.171 e. The van der Waals surface area contributed by atoms with Crippen LogP contribution in [0.25, 0.3) is 65.9 Å². The van der Waals surface area contributed by atoms with Crippen LogP contribution >= 0.6 is 14.3 Å². The molecular weight excluding hydrogens is 771 g/mol. The molecule has 0 spiro atoms. The fourth-order valence-corrected chi connectivity index (χ4v) is 14.4. The lowest BCUT2D eigenvalue weighted by atomic mass is 9.90. The van der Waals surface area contributed by atoms with E-state index in [-0.39, 0.29) is 0 Å². The SMILES string of the molecule is O=P(c1ccccc1)(c1ccccc1)c1ccc(-c2c3[nH]c4ccccc4c3c(-c3ccc(P(=O)(c4ccccc4)c4ccccc4)cc3)c3[nH]c4ccccc4c23)cc1. The van der Waals surface area contributed by atoms with E-state index in [0.29, 0.717) is 0 Å². The molecular formula is C54H38N2O2P2. The third kappa shape index (κ3) is 5.60. The van der Waals surface area contributed by atoms with Crippen LogP contribution in [0.3, 0.4) is 0 Å². The van der Waals surface area contributed by atoms with Crippen LogP contribution in [0.1, 0.15) is 0 Å². The van der Waals surface area contributed by atoms with Crippen molar-refractivity contribution in [3.05, 3.63) is 218 Å². The number of aromatic nitrogens is 2. The molecule has 60 heavy (non-hydrogen) atoms. The lowest BCUT2D eigenvalue weighted by Gasteiger charge is -2.21. The van der Waals surface area contributed by atoms with Gasteiger partial charge < -0.3 is 19.1 Å². The molecule has 0 fully saturated rings. The second kappa shape index (κ2) is 14.4. The van der Waals surface area contributed by atoms with Gasteiger partial charge in [0.1, 0.15) is 0 Å². The highest BCUT2D eigenvalue weighted by Gasteiger charge is 2.32. The number of hydrogen-bond donors (Lipinski definition) is 2. The number of hydrogen-bond acceptors (Lipinski definition) is 2. The largest absolute Gasteiger partial charge is 0.354 e. The first-order chi connectivity index (χ1) is 29.5. The molecule has 2 aromatic heterocycles. The molecule has 0 aliphatic heterocycles. The second-order valence-corrected chi connectivity index (χ2v) is 20.8. The Hall–Kier alpha value is -6.96. The van der Waals surface area contributed by atoms with E-state index in [1.165, 1.54) is 0 Å². The summed E-state index contributed by atoms with van der Waals surface area (Å²) in [6.45, 7) is 0. The third-order valence-electron chi connectivity index (χ3n) is 11.9. The van der Waals surface area contributed by atoms with Crippen LogP contribution in [0.2, 0.25) is 0 Å². The van der Waals surface area contributed by atoms with Gasteiger partial charge in [-0.1, -0.05) is 206 Å². The van der Waals surface area contributed by atoms with Gasteiger partial charge in [-0.25, -0.2) is 0 Å². The van der Waals surface area contributed by atoms with Crippen LogP contribution in [0, 0.1) is 0 Å². The van der Waals surface area contributed by atoms with Gasteiger partial charge in [-0.15, -0.1) is 0 Å². The zero-order valence-corrected chi connectivity index (χ0v) is 34.3. The predicted molar refractivity (Wildman–Crippen MR) is 255 cm³/mol. The van der Waals surface area contributed by atoms with E-state index in [4.69, 9.17) is 0 Å². The van der Waals surface area contributed by atoms with Gasteiger partial charge in [0, 0.05) is 75.5 Å². The third-order valence-corrected chi connectivity index (χ3v) is 18.1. The molecule has 0 amide bonds. The van der Waals surface area contributed by atoms with Gasteiger partial charge in [-0.05, 0) is 23.3 Å². The zero-order chi connectivity index (χ0) is 40.3. The average Bonchev–Trinajstić information content (AvgIpc) is 3.90. The van der Waals surface area contributed by atoms with Crippen molar-refractivity contribution in [2.45, 2.75) is 0 Å². The number of benzene rings is 9. The Kier molecular flexibility index (Phi) is 8.67. The molecule has 6 heteroatoms. The summed E-state index contributed by atoms with van der Waals surface area (Å²) in [4.78, 5) is 7.73. The lowest BCUT2D eigenvalue weighted by Crippen LogP contribution is -2.24. The molecule has 9 aromatic carbocycles. The highest BCUT2D eigenvalue weighted by atomic mass is 31.2. The van der Waals surface area contributed by atoms with E-state index < -0.39 is 14.3 Å². The minimum absolute atomic E-state index is 0.784. The van der Waals surface area contributed by atoms with Gasteiger partial charge >= 0.3 is 0 Å². The first kappa shape index (κ1) is 36.1. The minimum Gasteiger partial charge on any atom is -0.354 e. The number of para-hydroxylation sites is 2. The molecule has 0 saturated heterocycles. The molecule has 0 radical (unpaired) electrons. The van der Waals surface area contributed by atoms with Crippen LogP contribution in [0.15, 0.2) is 218 Å². The smallest absolute Gasteiger partial charge is 0.171 e. The van der Waals surface area contributed by atoms with E-state index >= 15 is 9.13 Å². The monoisotopic (exact) mass is 808 g/mol. The molecule has 0 unspecified atom stereocenters. The topological polar surface area (TPSA) is 65.7 Å². The van der Waals surface area contributed by atoms with Crippen molar-refractivity contribution < 1.29 is 9.13 Å². The van der Waals surface area contributed by atoms with Crippen LogP contribution in [0.4, 0.5) is 0 Å².